The van der Waals surface area contributed by atoms with Crippen LogP contribution in [0, 0.1) is 0 Å². The molecule has 0 saturated carbocycles. The highest BCUT2D eigenvalue weighted by atomic mass is 16.5. The second kappa shape index (κ2) is 13.1. The van der Waals surface area contributed by atoms with Gasteiger partial charge in [0, 0.05) is 25.8 Å². The topological polar surface area (TPSA) is 123 Å². The van der Waals surface area contributed by atoms with Crippen molar-refractivity contribution in [2.75, 3.05) is 39.2 Å². The van der Waals surface area contributed by atoms with Crippen LogP contribution in [-0.4, -0.2) is 77.5 Å². The summed E-state index contributed by atoms with van der Waals surface area (Å²) in [6.07, 6.45) is -0.705. The monoisotopic (exact) mass is 419 g/mol. The lowest BCUT2D eigenvalue weighted by Crippen LogP contribution is -2.31. The Bertz CT molecular complexity index is 768. The quantitative estimate of drug-likeness (QED) is 0.526. The number of hydrogen-bond acceptors (Lipinski definition) is 7. The van der Waals surface area contributed by atoms with Gasteiger partial charge in [0.25, 0.3) is 0 Å². The maximum Gasteiger partial charge on any atom is 0.333 e. The van der Waals surface area contributed by atoms with Crippen LogP contribution in [0.25, 0.3) is 0 Å². The van der Waals surface area contributed by atoms with Gasteiger partial charge in [0.2, 0.25) is 0 Å². The molecule has 1 atom stereocenters. The molecule has 0 amide bonds. The van der Waals surface area contributed by atoms with Crippen LogP contribution >= 0.6 is 0 Å². The predicted octanol–water partition coefficient (Wildman–Crippen LogP) is 1.56. The van der Waals surface area contributed by atoms with Gasteiger partial charge in [-0.2, -0.15) is 0 Å². The number of hydrogen-bond donors (Lipinski definition) is 3. The van der Waals surface area contributed by atoms with Crippen molar-refractivity contribution in [1.82, 2.24) is 9.88 Å². The predicted molar refractivity (Wildman–Crippen MR) is 113 cm³/mol. The number of aromatic nitrogens is 1. The van der Waals surface area contributed by atoms with E-state index in [0.29, 0.717) is 0 Å². The van der Waals surface area contributed by atoms with E-state index in [4.69, 9.17) is 20.1 Å². The second-order valence-electron chi connectivity index (χ2n) is 6.71. The number of pyridine rings is 1. The Kier molecular flexibility index (Phi) is 10.9. The number of aliphatic hydroxyl groups is 1. The van der Waals surface area contributed by atoms with E-state index in [2.05, 4.69) is 47.1 Å². The Labute approximate surface area is 176 Å². The lowest BCUT2D eigenvalue weighted by molar-refractivity contribution is -0.152. The minimum atomic E-state index is -1.79. The molecule has 2 aromatic rings. The zero-order valence-electron chi connectivity index (χ0n) is 17.4. The van der Waals surface area contributed by atoms with Crippen LogP contribution < -0.4 is 9.64 Å². The number of rotatable bonds is 10. The summed E-state index contributed by atoms with van der Waals surface area (Å²) in [7, 11) is 5.86. The van der Waals surface area contributed by atoms with Crippen molar-refractivity contribution in [2.45, 2.75) is 19.1 Å². The molecule has 1 aromatic heterocycles. The number of aliphatic hydroxyl groups excluding tert-OH is 1. The van der Waals surface area contributed by atoms with E-state index < -0.39 is 24.5 Å². The second-order valence-corrected chi connectivity index (χ2v) is 6.71. The third-order valence-corrected chi connectivity index (χ3v) is 3.98. The van der Waals surface area contributed by atoms with Crippen LogP contribution in [0.4, 0.5) is 5.82 Å². The number of carboxylic acids is 2. The first-order chi connectivity index (χ1) is 14.2. The smallest absolute Gasteiger partial charge is 0.333 e. The first-order valence-electron chi connectivity index (χ1n) is 9.29. The van der Waals surface area contributed by atoms with E-state index in [9.17, 15) is 9.59 Å². The van der Waals surface area contributed by atoms with E-state index in [0.717, 1.165) is 31.2 Å². The zero-order chi connectivity index (χ0) is 22.5. The number of ether oxygens (including phenoxy) is 1. The summed E-state index contributed by atoms with van der Waals surface area (Å²) in [5.74, 6) is -0.950. The van der Waals surface area contributed by atoms with Crippen molar-refractivity contribution in [3.8, 4) is 5.75 Å². The van der Waals surface area contributed by atoms with Gasteiger partial charge in [-0.25, -0.2) is 9.78 Å². The molecule has 1 aromatic carbocycles. The molecule has 2 rings (SSSR count). The Hall–Kier alpha value is -3.17. The molecule has 0 aliphatic rings. The highest BCUT2D eigenvalue weighted by molar-refractivity contribution is 5.79. The number of carboxylic acid groups (broad SMARTS) is 2. The Morgan fingerprint density at radius 2 is 1.73 bits per heavy atom. The van der Waals surface area contributed by atoms with Gasteiger partial charge in [-0.3, -0.25) is 4.79 Å². The number of nitrogens with zero attached hydrogens (tertiary/aromatic N) is 3. The lowest BCUT2D eigenvalue weighted by atomic mass is 10.2. The average Bonchev–Trinajstić information content (AvgIpc) is 2.72. The van der Waals surface area contributed by atoms with Crippen LogP contribution in [0.5, 0.6) is 5.75 Å². The van der Waals surface area contributed by atoms with Crippen molar-refractivity contribution in [3.05, 3.63) is 54.2 Å². The Morgan fingerprint density at radius 1 is 1.07 bits per heavy atom. The van der Waals surface area contributed by atoms with E-state index >= 15 is 0 Å². The van der Waals surface area contributed by atoms with E-state index in [1.807, 2.05) is 30.5 Å². The molecular weight excluding hydrogens is 390 g/mol. The molecule has 9 heteroatoms. The minimum Gasteiger partial charge on any atom is -0.497 e. The molecule has 0 radical (unpaired) electrons. The van der Waals surface area contributed by atoms with E-state index in [-0.39, 0.29) is 0 Å². The summed E-state index contributed by atoms with van der Waals surface area (Å²) < 4.78 is 5.21. The highest BCUT2D eigenvalue weighted by Crippen LogP contribution is 2.16. The third kappa shape index (κ3) is 9.85. The maximum absolute atomic E-state index is 9.72. The maximum atomic E-state index is 9.72. The van der Waals surface area contributed by atoms with Crippen molar-refractivity contribution in [3.63, 3.8) is 0 Å². The molecule has 0 fully saturated rings. The van der Waals surface area contributed by atoms with Gasteiger partial charge in [0.15, 0.2) is 6.10 Å². The van der Waals surface area contributed by atoms with Gasteiger partial charge in [-0.1, -0.05) is 18.2 Å². The zero-order valence-corrected chi connectivity index (χ0v) is 17.4. The molecule has 0 aliphatic carbocycles. The van der Waals surface area contributed by atoms with Gasteiger partial charge in [0.05, 0.1) is 13.5 Å². The standard InChI is InChI=1S/C17H23N3O.C4H6O5/c1-19(2)12-13-20(17-6-4-5-11-18-17)14-15-7-9-16(21-3)10-8-15;5-2(4(8)9)1-3(6)7/h4-11H,12-14H2,1-3H3;2,5H,1H2,(H,6,7)(H,8,9). The SMILES string of the molecule is COc1ccc(CN(CCN(C)C)c2ccccn2)cc1.O=C(O)CC(O)C(=O)O. The number of anilines is 1. The normalized spacial score (nSPS) is 11.2. The highest BCUT2D eigenvalue weighted by Gasteiger charge is 2.16. The van der Waals surface area contributed by atoms with Gasteiger partial charge < -0.3 is 29.9 Å². The van der Waals surface area contributed by atoms with Crippen molar-refractivity contribution in [2.24, 2.45) is 0 Å². The summed E-state index contributed by atoms with van der Waals surface area (Å²) in [5, 5.41) is 24.1. The van der Waals surface area contributed by atoms with Crippen molar-refractivity contribution >= 4 is 17.8 Å². The van der Waals surface area contributed by atoms with E-state index in [1.165, 1.54) is 5.56 Å². The number of methoxy groups -OCH3 is 1. The van der Waals surface area contributed by atoms with Crippen LogP contribution in [0.15, 0.2) is 48.7 Å². The van der Waals surface area contributed by atoms with Gasteiger partial charge in [-0.15, -0.1) is 0 Å². The molecule has 30 heavy (non-hydrogen) atoms. The Morgan fingerprint density at radius 3 is 2.17 bits per heavy atom. The first kappa shape index (κ1) is 24.9. The summed E-state index contributed by atoms with van der Waals surface area (Å²) in [6, 6.07) is 14.2. The molecule has 164 valence electrons. The van der Waals surface area contributed by atoms with Gasteiger partial charge in [0.1, 0.15) is 11.6 Å². The van der Waals surface area contributed by atoms with Gasteiger partial charge >= 0.3 is 11.9 Å². The minimum absolute atomic E-state index is 0.755. The van der Waals surface area contributed by atoms with Crippen LogP contribution in [0.1, 0.15) is 12.0 Å². The fourth-order valence-corrected chi connectivity index (χ4v) is 2.34. The molecule has 3 N–H and O–H groups in total. The molecule has 0 bridgehead atoms. The molecule has 0 saturated heterocycles. The lowest BCUT2D eigenvalue weighted by Gasteiger charge is -2.25. The molecule has 0 spiro atoms. The number of aliphatic carboxylic acids is 2. The average molecular weight is 419 g/mol. The number of benzene rings is 1. The fraction of sp³-hybridized carbons (Fsp3) is 0.381. The van der Waals surface area contributed by atoms with Crippen LogP contribution in [-0.2, 0) is 16.1 Å². The third-order valence-electron chi connectivity index (χ3n) is 3.98. The van der Waals surface area contributed by atoms with Crippen molar-refractivity contribution in [1.29, 1.82) is 0 Å². The molecular formula is C21H29N3O6. The largest absolute Gasteiger partial charge is 0.497 e. The summed E-state index contributed by atoms with van der Waals surface area (Å²) >= 11 is 0. The number of likely N-dealkylation sites (N-methyl/N-ethyl adjacent to an activating group) is 1. The molecule has 1 heterocycles. The summed E-state index contributed by atoms with van der Waals surface area (Å²) in [5.41, 5.74) is 1.25. The number of carbonyl (C=O) groups is 2. The molecule has 9 nitrogen and oxygen atoms in total. The van der Waals surface area contributed by atoms with Crippen LogP contribution in [0.2, 0.25) is 0 Å². The summed E-state index contributed by atoms with van der Waals surface area (Å²) in [6.45, 7) is 2.78. The Balaban J connectivity index is 0.000000424. The van der Waals surface area contributed by atoms with Gasteiger partial charge in [-0.05, 0) is 43.9 Å². The van der Waals surface area contributed by atoms with E-state index in [1.54, 1.807) is 7.11 Å². The van der Waals surface area contributed by atoms with Crippen molar-refractivity contribution < 1.29 is 29.6 Å². The summed E-state index contributed by atoms with van der Waals surface area (Å²) in [4.78, 5) is 28.4. The molecule has 1 unspecified atom stereocenters. The first-order valence-corrected chi connectivity index (χ1v) is 9.29. The van der Waals surface area contributed by atoms with Crippen LogP contribution in [0.3, 0.4) is 0 Å². The molecule has 0 aliphatic heterocycles. The fourth-order valence-electron chi connectivity index (χ4n) is 2.34.